The predicted molar refractivity (Wildman–Crippen MR) is 134 cm³/mol. The fraction of sp³-hybridized carbons (Fsp3) is 0.480. The summed E-state index contributed by atoms with van der Waals surface area (Å²) in [5.74, 6) is 0.148. The number of hydrogen-bond donors (Lipinski definition) is 4. The van der Waals surface area contributed by atoms with E-state index >= 15 is 0 Å². The molecular weight excluding hydrogens is 430 g/mol. The van der Waals surface area contributed by atoms with Crippen molar-refractivity contribution in [2.24, 2.45) is 0 Å². The molecule has 2 aliphatic rings. The summed E-state index contributed by atoms with van der Waals surface area (Å²) in [6.45, 7) is 2.04. The molecule has 0 bridgehead atoms. The van der Waals surface area contributed by atoms with Crippen molar-refractivity contribution in [3.05, 3.63) is 52.6 Å². The monoisotopic (exact) mass is 463 g/mol. The van der Waals surface area contributed by atoms with E-state index in [0.717, 1.165) is 29.4 Å². The van der Waals surface area contributed by atoms with E-state index in [4.69, 9.17) is 5.73 Å². The molecule has 0 radical (unpaired) electrons. The van der Waals surface area contributed by atoms with Gasteiger partial charge in [0.1, 0.15) is 12.4 Å². The zero-order valence-corrected chi connectivity index (χ0v) is 19.4. The third-order valence-electron chi connectivity index (χ3n) is 7.22. The molecule has 3 aromatic rings. The Labute approximate surface area is 198 Å². The van der Waals surface area contributed by atoms with E-state index in [9.17, 15) is 9.59 Å². The highest BCUT2D eigenvalue weighted by Crippen LogP contribution is 2.30. The van der Waals surface area contributed by atoms with Gasteiger partial charge in [0.25, 0.3) is 5.56 Å². The average molecular weight is 464 g/mol. The third kappa shape index (κ3) is 4.79. The minimum atomic E-state index is -0.366. The van der Waals surface area contributed by atoms with Crippen molar-refractivity contribution in [1.29, 1.82) is 0 Å². The second-order valence-electron chi connectivity index (χ2n) is 9.45. The summed E-state index contributed by atoms with van der Waals surface area (Å²) in [6.07, 6.45) is 10.8. The lowest BCUT2D eigenvalue weighted by molar-refractivity contribution is -0.121. The Hall–Kier alpha value is -3.33. The summed E-state index contributed by atoms with van der Waals surface area (Å²) in [7, 11) is 0. The van der Waals surface area contributed by atoms with Crippen LogP contribution in [0.1, 0.15) is 44.1 Å². The highest BCUT2D eigenvalue weighted by atomic mass is 16.2. The average Bonchev–Trinajstić information content (AvgIpc) is 3.60. The number of aromatic nitrogens is 3. The van der Waals surface area contributed by atoms with Gasteiger partial charge in [-0.1, -0.05) is 18.9 Å². The molecule has 2 aromatic heterocycles. The van der Waals surface area contributed by atoms with Gasteiger partial charge in [-0.15, -0.1) is 0 Å². The summed E-state index contributed by atoms with van der Waals surface area (Å²) in [5, 5.41) is 7.21. The van der Waals surface area contributed by atoms with Gasteiger partial charge < -0.3 is 21.4 Å². The molecule has 1 saturated heterocycles. The van der Waals surface area contributed by atoms with E-state index in [2.05, 4.69) is 25.5 Å². The minimum absolute atomic E-state index is 0.147. The Bertz CT molecular complexity index is 1210. The summed E-state index contributed by atoms with van der Waals surface area (Å²) in [5.41, 5.74) is 7.67. The number of fused-ring (bicyclic) bond motifs is 1. The van der Waals surface area contributed by atoms with Crippen LogP contribution in [-0.2, 0) is 17.9 Å². The van der Waals surface area contributed by atoms with Gasteiger partial charge in [0.2, 0.25) is 5.91 Å². The van der Waals surface area contributed by atoms with Crippen LogP contribution in [0.15, 0.2) is 41.5 Å². The number of carbonyl (C=O) groups excluding carboxylic acids is 1. The molecule has 5 N–H and O–H groups in total. The first-order valence-electron chi connectivity index (χ1n) is 12.3. The third-order valence-corrected chi connectivity index (χ3v) is 7.22. The number of benzene rings is 1. The van der Waals surface area contributed by atoms with Gasteiger partial charge in [-0.3, -0.25) is 19.1 Å². The van der Waals surface area contributed by atoms with Crippen LogP contribution in [0.5, 0.6) is 0 Å². The standard InChI is InChI=1S/C25H33N7O2/c26-22-15-30-24(29-14-20-6-3-11-31(20)19-4-1-2-5-19)25(34)32(22)16-23(33)28-13-17-7-8-21-18(12-17)9-10-27-21/h7-10,12,15,19-20,27H,1-6,11,13-14,16,26H2,(H,28,33)(H,29,30)/t20-/m1/s1. The van der Waals surface area contributed by atoms with Crippen molar-refractivity contribution < 1.29 is 4.79 Å². The van der Waals surface area contributed by atoms with E-state index in [0.29, 0.717) is 25.2 Å². The SMILES string of the molecule is Nc1cnc(NC[C@H]2CCCN2C2CCCC2)c(=O)n1CC(=O)NCc1ccc2[nH]ccc2c1. The molecule has 9 nitrogen and oxygen atoms in total. The number of carbonyl (C=O) groups is 1. The molecule has 5 rings (SSSR count). The first-order valence-corrected chi connectivity index (χ1v) is 12.3. The predicted octanol–water partition coefficient (Wildman–Crippen LogP) is 2.44. The van der Waals surface area contributed by atoms with E-state index in [1.807, 2.05) is 30.5 Å². The topological polar surface area (TPSA) is 121 Å². The van der Waals surface area contributed by atoms with Crippen molar-refractivity contribution in [2.45, 2.75) is 63.7 Å². The number of anilines is 2. The molecule has 2 fully saturated rings. The molecule has 0 unspecified atom stereocenters. The second-order valence-corrected chi connectivity index (χ2v) is 9.45. The van der Waals surface area contributed by atoms with Crippen molar-refractivity contribution in [3.8, 4) is 0 Å². The fourth-order valence-electron chi connectivity index (χ4n) is 5.41. The first-order chi connectivity index (χ1) is 16.6. The van der Waals surface area contributed by atoms with Crippen LogP contribution < -0.4 is 21.9 Å². The van der Waals surface area contributed by atoms with Gasteiger partial charge in [-0.2, -0.15) is 0 Å². The van der Waals surface area contributed by atoms with Gasteiger partial charge >= 0.3 is 0 Å². The van der Waals surface area contributed by atoms with Crippen LogP contribution in [0.3, 0.4) is 0 Å². The molecule has 1 aliphatic heterocycles. The Kier molecular flexibility index (Phi) is 6.53. The Morgan fingerprint density at radius 3 is 2.88 bits per heavy atom. The number of hydrogen-bond acceptors (Lipinski definition) is 6. The Morgan fingerprint density at radius 2 is 2.03 bits per heavy atom. The molecule has 1 atom stereocenters. The summed E-state index contributed by atoms with van der Waals surface area (Å²) in [4.78, 5) is 35.6. The zero-order valence-electron chi connectivity index (χ0n) is 19.4. The molecular formula is C25H33N7O2. The fourth-order valence-corrected chi connectivity index (χ4v) is 5.41. The molecule has 1 saturated carbocycles. The number of nitrogens with zero attached hydrogens (tertiary/aromatic N) is 3. The second kappa shape index (κ2) is 9.89. The highest BCUT2D eigenvalue weighted by Gasteiger charge is 2.32. The number of H-pyrrole nitrogens is 1. The van der Waals surface area contributed by atoms with Gasteiger partial charge in [0.05, 0.1) is 6.20 Å². The zero-order chi connectivity index (χ0) is 23.5. The lowest BCUT2D eigenvalue weighted by Gasteiger charge is -2.30. The number of nitrogens with two attached hydrogens (primary N) is 1. The minimum Gasteiger partial charge on any atom is -0.384 e. The van der Waals surface area contributed by atoms with Gasteiger partial charge in [-0.25, -0.2) is 4.98 Å². The smallest absolute Gasteiger partial charge is 0.295 e. The number of nitrogen functional groups attached to an aromatic ring is 1. The van der Waals surface area contributed by atoms with E-state index in [1.54, 1.807) is 0 Å². The van der Waals surface area contributed by atoms with Crippen LogP contribution in [0.2, 0.25) is 0 Å². The highest BCUT2D eigenvalue weighted by molar-refractivity contribution is 5.80. The van der Waals surface area contributed by atoms with Crippen molar-refractivity contribution in [2.75, 3.05) is 24.1 Å². The Morgan fingerprint density at radius 1 is 1.18 bits per heavy atom. The van der Waals surface area contributed by atoms with Crippen molar-refractivity contribution in [1.82, 2.24) is 24.8 Å². The number of aromatic amines is 1. The Balaban J connectivity index is 1.20. The maximum absolute atomic E-state index is 13.0. The number of rotatable bonds is 8. The molecule has 1 amide bonds. The summed E-state index contributed by atoms with van der Waals surface area (Å²) >= 11 is 0. The van der Waals surface area contributed by atoms with Crippen LogP contribution in [0, 0.1) is 0 Å². The van der Waals surface area contributed by atoms with E-state index < -0.39 is 0 Å². The summed E-state index contributed by atoms with van der Waals surface area (Å²) < 4.78 is 1.28. The number of likely N-dealkylation sites (tertiary alicyclic amines) is 1. The molecule has 34 heavy (non-hydrogen) atoms. The summed E-state index contributed by atoms with van der Waals surface area (Å²) in [6, 6.07) is 9.05. The van der Waals surface area contributed by atoms with Crippen molar-refractivity contribution in [3.63, 3.8) is 0 Å². The van der Waals surface area contributed by atoms with Crippen LogP contribution in [0.25, 0.3) is 10.9 Å². The van der Waals surface area contributed by atoms with Gasteiger partial charge in [0, 0.05) is 36.9 Å². The van der Waals surface area contributed by atoms with Crippen LogP contribution in [0.4, 0.5) is 11.6 Å². The van der Waals surface area contributed by atoms with Crippen LogP contribution >= 0.6 is 0 Å². The van der Waals surface area contributed by atoms with Gasteiger partial charge in [0.15, 0.2) is 5.82 Å². The maximum atomic E-state index is 13.0. The normalized spacial score (nSPS) is 19.1. The quantitative estimate of drug-likeness (QED) is 0.407. The molecule has 3 heterocycles. The van der Waals surface area contributed by atoms with Crippen LogP contribution in [-0.4, -0.2) is 50.5 Å². The first kappa shape index (κ1) is 22.5. The molecule has 9 heteroatoms. The number of nitrogens with one attached hydrogen (secondary N) is 3. The molecule has 0 spiro atoms. The number of amides is 1. The molecule has 1 aromatic carbocycles. The lowest BCUT2D eigenvalue weighted by atomic mass is 10.1. The largest absolute Gasteiger partial charge is 0.384 e. The maximum Gasteiger partial charge on any atom is 0.295 e. The van der Waals surface area contributed by atoms with E-state index in [-0.39, 0.29) is 29.6 Å². The van der Waals surface area contributed by atoms with E-state index in [1.165, 1.54) is 42.9 Å². The molecule has 180 valence electrons. The molecule has 1 aliphatic carbocycles. The lowest BCUT2D eigenvalue weighted by Crippen LogP contribution is -2.42. The van der Waals surface area contributed by atoms with Gasteiger partial charge in [-0.05, 0) is 61.4 Å². The van der Waals surface area contributed by atoms with Crippen molar-refractivity contribution >= 4 is 28.4 Å².